The molecule has 0 aliphatic carbocycles. The SMILES string of the molecule is CCCCNC(C)(CC)C(=O)O. The van der Waals surface area contributed by atoms with Crippen LogP contribution < -0.4 is 5.32 Å². The predicted molar refractivity (Wildman–Crippen MR) is 49.2 cm³/mol. The molecule has 0 aromatic carbocycles. The minimum absolute atomic E-state index is 0.617. The first-order valence-electron chi connectivity index (χ1n) is 4.55. The van der Waals surface area contributed by atoms with Crippen molar-refractivity contribution in [2.24, 2.45) is 0 Å². The van der Waals surface area contributed by atoms with E-state index in [-0.39, 0.29) is 0 Å². The van der Waals surface area contributed by atoms with Gasteiger partial charge in [0.05, 0.1) is 0 Å². The number of carboxylic acids is 1. The Bertz CT molecular complexity index is 147. The Morgan fingerprint density at radius 3 is 2.42 bits per heavy atom. The van der Waals surface area contributed by atoms with E-state index in [1.54, 1.807) is 6.92 Å². The lowest BCUT2D eigenvalue weighted by molar-refractivity contribution is -0.144. The van der Waals surface area contributed by atoms with Gasteiger partial charge in [0.1, 0.15) is 5.54 Å². The lowest BCUT2D eigenvalue weighted by atomic mass is 9.99. The molecule has 72 valence electrons. The molecule has 0 aromatic heterocycles. The number of nitrogens with one attached hydrogen (secondary N) is 1. The van der Waals surface area contributed by atoms with Crippen molar-refractivity contribution in [2.45, 2.75) is 45.6 Å². The molecule has 12 heavy (non-hydrogen) atoms. The topological polar surface area (TPSA) is 49.3 Å². The highest BCUT2D eigenvalue weighted by Gasteiger charge is 2.29. The Kier molecular flexibility index (Phi) is 4.90. The summed E-state index contributed by atoms with van der Waals surface area (Å²) in [6, 6.07) is 0. The fraction of sp³-hybridized carbons (Fsp3) is 0.889. The van der Waals surface area contributed by atoms with Crippen LogP contribution in [-0.2, 0) is 4.79 Å². The van der Waals surface area contributed by atoms with E-state index in [4.69, 9.17) is 5.11 Å². The highest BCUT2D eigenvalue weighted by Crippen LogP contribution is 2.08. The summed E-state index contributed by atoms with van der Waals surface area (Å²) in [7, 11) is 0. The van der Waals surface area contributed by atoms with Gasteiger partial charge in [0.15, 0.2) is 0 Å². The van der Waals surface area contributed by atoms with E-state index in [1.807, 2.05) is 6.92 Å². The monoisotopic (exact) mass is 173 g/mol. The number of carbonyl (C=O) groups is 1. The second-order valence-electron chi connectivity index (χ2n) is 3.27. The maximum atomic E-state index is 10.8. The summed E-state index contributed by atoms with van der Waals surface area (Å²) in [6.45, 7) is 6.48. The average molecular weight is 173 g/mol. The Hall–Kier alpha value is -0.570. The third-order valence-corrected chi connectivity index (χ3v) is 2.22. The maximum Gasteiger partial charge on any atom is 0.323 e. The van der Waals surface area contributed by atoms with Crippen LogP contribution >= 0.6 is 0 Å². The predicted octanol–water partition coefficient (Wildman–Crippen LogP) is 1.63. The zero-order valence-electron chi connectivity index (χ0n) is 8.18. The molecule has 0 bridgehead atoms. The van der Waals surface area contributed by atoms with E-state index in [2.05, 4.69) is 12.2 Å². The first-order valence-corrected chi connectivity index (χ1v) is 4.55. The van der Waals surface area contributed by atoms with Crippen molar-refractivity contribution in [3.8, 4) is 0 Å². The molecule has 0 heterocycles. The highest BCUT2D eigenvalue weighted by atomic mass is 16.4. The molecule has 0 amide bonds. The van der Waals surface area contributed by atoms with Gasteiger partial charge in [0.25, 0.3) is 0 Å². The van der Waals surface area contributed by atoms with Crippen molar-refractivity contribution in [1.82, 2.24) is 5.32 Å². The molecule has 0 saturated heterocycles. The lowest BCUT2D eigenvalue weighted by Gasteiger charge is -2.24. The molecule has 0 aliphatic heterocycles. The highest BCUT2D eigenvalue weighted by molar-refractivity contribution is 5.78. The number of aliphatic carboxylic acids is 1. The van der Waals surface area contributed by atoms with E-state index in [0.717, 1.165) is 19.4 Å². The number of carboxylic acid groups (broad SMARTS) is 1. The number of unbranched alkanes of at least 4 members (excludes halogenated alkanes) is 1. The zero-order valence-corrected chi connectivity index (χ0v) is 8.18. The molecule has 0 rings (SSSR count). The molecule has 0 fully saturated rings. The quantitative estimate of drug-likeness (QED) is 0.600. The molecule has 0 aliphatic rings. The van der Waals surface area contributed by atoms with Crippen LogP contribution in [0.4, 0.5) is 0 Å². The van der Waals surface area contributed by atoms with Crippen molar-refractivity contribution in [1.29, 1.82) is 0 Å². The maximum absolute atomic E-state index is 10.8. The molecular weight excluding hydrogens is 154 g/mol. The van der Waals surface area contributed by atoms with Crippen molar-refractivity contribution >= 4 is 5.97 Å². The summed E-state index contributed by atoms with van der Waals surface area (Å²) in [5.74, 6) is -0.763. The van der Waals surface area contributed by atoms with Crippen molar-refractivity contribution in [2.75, 3.05) is 6.54 Å². The van der Waals surface area contributed by atoms with Crippen LogP contribution in [0.2, 0.25) is 0 Å². The van der Waals surface area contributed by atoms with Crippen LogP contribution in [-0.4, -0.2) is 23.2 Å². The first-order chi connectivity index (χ1) is 5.56. The molecule has 1 atom stereocenters. The van der Waals surface area contributed by atoms with E-state index in [9.17, 15) is 4.79 Å². The molecular formula is C9H19NO2. The third kappa shape index (κ3) is 3.22. The normalized spacial score (nSPS) is 15.6. The van der Waals surface area contributed by atoms with Gasteiger partial charge in [-0.1, -0.05) is 20.3 Å². The number of hydrogen-bond acceptors (Lipinski definition) is 2. The summed E-state index contributed by atoms with van der Waals surface area (Å²) in [5, 5.41) is 11.9. The van der Waals surface area contributed by atoms with Crippen LogP contribution in [0, 0.1) is 0 Å². The molecule has 1 unspecified atom stereocenters. The van der Waals surface area contributed by atoms with E-state index < -0.39 is 11.5 Å². The molecule has 2 N–H and O–H groups in total. The second kappa shape index (κ2) is 5.14. The van der Waals surface area contributed by atoms with Crippen LogP contribution in [0.3, 0.4) is 0 Å². The number of hydrogen-bond donors (Lipinski definition) is 2. The van der Waals surface area contributed by atoms with E-state index in [0.29, 0.717) is 6.42 Å². The van der Waals surface area contributed by atoms with Gasteiger partial charge < -0.3 is 10.4 Å². The van der Waals surface area contributed by atoms with Crippen molar-refractivity contribution < 1.29 is 9.90 Å². The van der Waals surface area contributed by atoms with Crippen molar-refractivity contribution in [3.63, 3.8) is 0 Å². The van der Waals surface area contributed by atoms with Crippen molar-refractivity contribution in [3.05, 3.63) is 0 Å². The summed E-state index contributed by atoms with van der Waals surface area (Å²) < 4.78 is 0. The van der Waals surface area contributed by atoms with Gasteiger partial charge in [0.2, 0.25) is 0 Å². The van der Waals surface area contributed by atoms with Gasteiger partial charge in [-0.3, -0.25) is 4.79 Å². The van der Waals surface area contributed by atoms with Gasteiger partial charge >= 0.3 is 5.97 Å². The summed E-state index contributed by atoms with van der Waals surface area (Å²) in [4.78, 5) is 10.8. The van der Waals surface area contributed by atoms with Gasteiger partial charge in [-0.2, -0.15) is 0 Å². The Balaban J connectivity index is 3.88. The van der Waals surface area contributed by atoms with E-state index >= 15 is 0 Å². The lowest BCUT2D eigenvalue weighted by Crippen LogP contribution is -2.49. The van der Waals surface area contributed by atoms with Crippen LogP contribution in [0.15, 0.2) is 0 Å². The van der Waals surface area contributed by atoms with Gasteiger partial charge in [-0.05, 0) is 26.3 Å². The fourth-order valence-corrected chi connectivity index (χ4v) is 0.893. The number of rotatable bonds is 6. The van der Waals surface area contributed by atoms with E-state index in [1.165, 1.54) is 0 Å². The summed E-state index contributed by atoms with van der Waals surface area (Å²) >= 11 is 0. The smallest absolute Gasteiger partial charge is 0.323 e. The Labute approximate surface area is 74.2 Å². The van der Waals surface area contributed by atoms with Gasteiger partial charge in [-0.15, -0.1) is 0 Å². The molecule has 0 spiro atoms. The zero-order chi connectivity index (χ0) is 9.61. The fourth-order valence-electron chi connectivity index (χ4n) is 0.893. The Morgan fingerprint density at radius 2 is 2.08 bits per heavy atom. The third-order valence-electron chi connectivity index (χ3n) is 2.22. The minimum atomic E-state index is -0.763. The average Bonchev–Trinajstić information content (AvgIpc) is 2.04. The molecule has 0 aromatic rings. The van der Waals surface area contributed by atoms with Crippen LogP contribution in [0.1, 0.15) is 40.0 Å². The second-order valence-corrected chi connectivity index (χ2v) is 3.27. The largest absolute Gasteiger partial charge is 0.480 e. The van der Waals surface area contributed by atoms with Crippen LogP contribution in [0.25, 0.3) is 0 Å². The molecule has 0 saturated carbocycles. The summed E-state index contributed by atoms with van der Waals surface area (Å²) in [5.41, 5.74) is -0.741. The minimum Gasteiger partial charge on any atom is -0.480 e. The molecule has 3 heteroatoms. The summed E-state index contributed by atoms with van der Waals surface area (Å²) in [6.07, 6.45) is 2.74. The first kappa shape index (κ1) is 11.4. The van der Waals surface area contributed by atoms with Gasteiger partial charge in [-0.25, -0.2) is 0 Å². The van der Waals surface area contributed by atoms with Gasteiger partial charge in [0, 0.05) is 0 Å². The molecule has 3 nitrogen and oxygen atoms in total. The Morgan fingerprint density at radius 1 is 1.50 bits per heavy atom. The van der Waals surface area contributed by atoms with Crippen LogP contribution in [0.5, 0.6) is 0 Å². The standard InChI is InChI=1S/C9H19NO2/c1-4-6-7-10-9(3,5-2)8(11)12/h10H,4-7H2,1-3H3,(H,11,12). The molecule has 0 radical (unpaired) electrons.